The monoisotopic (exact) mass is 548 g/mol. The van der Waals surface area contributed by atoms with Crippen LogP contribution in [0.2, 0.25) is 0 Å². The summed E-state index contributed by atoms with van der Waals surface area (Å²) >= 11 is 0. The van der Waals surface area contributed by atoms with E-state index in [-0.39, 0.29) is 35.8 Å². The van der Waals surface area contributed by atoms with Crippen molar-refractivity contribution >= 4 is 41.7 Å². The van der Waals surface area contributed by atoms with Crippen LogP contribution in [0.1, 0.15) is 36.3 Å². The smallest absolute Gasteiger partial charge is 0.222 e. The molecular formula is C24H33IN6O. The summed E-state index contributed by atoms with van der Waals surface area (Å²) in [5, 5.41) is 3.53. The number of aromatic nitrogens is 1. The van der Waals surface area contributed by atoms with E-state index in [0.29, 0.717) is 19.0 Å². The number of halogens is 1. The number of hydrogen-bond acceptors (Lipinski definition) is 4. The molecule has 0 aliphatic carbocycles. The zero-order chi connectivity index (χ0) is 21.6. The van der Waals surface area contributed by atoms with Gasteiger partial charge in [-0.1, -0.05) is 36.4 Å². The number of rotatable bonds is 5. The minimum Gasteiger partial charge on any atom is -0.369 e. The molecule has 2 unspecified atom stereocenters. The number of anilines is 1. The maximum absolute atomic E-state index is 11.7. The number of nitrogens with zero attached hydrogens (tertiary/aromatic N) is 4. The first-order valence-electron chi connectivity index (χ1n) is 11.1. The van der Waals surface area contributed by atoms with Gasteiger partial charge < -0.3 is 20.9 Å². The van der Waals surface area contributed by atoms with E-state index >= 15 is 0 Å². The lowest BCUT2D eigenvalue weighted by atomic mass is 9.97. The highest BCUT2D eigenvalue weighted by Gasteiger charge is 2.27. The lowest BCUT2D eigenvalue weighted by Crippen LogP contribution is -2.42. The van der Waals surface area contributed by atoms with Crippen molar-refractivity contribution in [2.45, 2.75) is 31.7 Å². The summed E-state index contributed by atoms with van der Waals surface area (Å²) in [6.07, 6.45) is 4.75. The van der Waals surface area contributed by atoms with Crippen molar-refractivity contribution in [1.82, 2.24) is 15.2 Å². The largest absolute Gasteiger partial charge is 0.369 e. The van der Waals surface area contributed by atoms with Gasteiger partial charge in [-0.05, 0) is 30.9 Å². The molecule has 1 amide bonds. The highest BCUT2D eigenvalue weighted by molar-refractivity contribution is 14.0. The fraction of sp³-hybridized carbons (Fsp3) is 0.458. The Morgan fingerprint density at radius 1 is 1.16 bits per heavy atom. The van der Waals surface area contributed by atoms with Crippen LogP contribution in [0.25, 0.3) is 0 Å². The quantitative estimate of drug-likeness (QED) is 0.341. The number of likely N-dealkylation sites (tertiary alicyclic amines) is 1. The normalized spacial score (nSPS) is 21.2. The standard InChI is InChI=1S/C24H32N6O.HI/c1-26-24(30-14-11-20(16-30)18-7-3-2-4-8-18)28-15-19-9-5-12-27-23(19)29-13-6-10-21(17-29)22(25)31;/h2-5,7-9,12,20-21H,6,10-11,13-17H2,1H3,(H2,25,31)(H,26,28);1H. The van der Waals surface area contributed by atoms with Crippen LogP contribution in [0, 0.1) is 5.92 Å². The van der Waals surface area contributed by atoms with E-state index in [2.05, 4.69) is 61.5 Å². The van der Waals surface area contributed by atoms with Gasteiger partial charge >= 0.3 is 0 Å². The number of piperidine rings is 1. The molecule has 172 valence electrons. The van der Waals surface area contributed by atoms with Crippen LogP contribution in [0.3, 0.4) is 0 Å². The molecule has 2 aliphatic heterocycles. The molecule has 3 N–H and O–H groups in total. The van der Waals surface area contributed by atoms with Crippen LogP contribution in [0.5, 0.6) is 0 Å². The molecule has 0 radical (unpaired) electrons. The Labute approximate surface area is 207 Å². The first-order chi connectivity index (χ1) is 15.2. The van der Waals surface area contributed by atoms with Gasteiger partial charge in [0, 0.05) is 57.4 Å². The summed E-state index contributed by atoms with van der Waals surface area (Å²) < 4.78 is 0. The molecule has 1 aromatic carbocycles. The third kappa shape index (κ3) is 5.70. The van der Waals surface area contributed by atoms with Crippen LogP contribution in [-0.2, 0) is 11.3 Å². The average molecular weight is 548 g/mol. The van der Waals surface area contributed by atoms with Crippen molar-refractivity contribution in [3.05, 3.63) is 59.8 Å². The second kappa shape index (κ2) is 11.5. The van der Waals surface area contributed by atoms with E-state index < -0.39 is 0 Å². The number of primary amides is 1. The van der Waals surface area contributed by atoms with E-state index in [4.69, 9.17) is 5.73 Å². The zero-order valence-corrected chi connectivity index (χ0v) is 20.9. The minimum absolute atomic E-state index is 0. The molecule has 32 heavy (non-hydrogen) atoms. The lowest BCUT2D eigenvalue weighted by molar-refractivity contribution is -0.122. The Balaban J connectivity index is 0.00000289. The summed E-state index contributed by atoms with van der Waals surface area (Å²) in [6.45, 7) is 4.13. The molecule has 2 atom stereocenters. The van der Waals surface area contributed by atoms with Gasteiger partial charge in [-0.15, -0.1) is 24.0 Å². The molecule has 8 heteroatoms. The zero-order valence-electron chi connectivity index (χ0n) is 18.6. The van der Waals surface area contributed by atoms with Crippen molar-refractivity contribution in [3.8, 4) is 0 Å². The molecule has 2 saturated heterocycles. The Bertz CT molecular complexity index is 922. The van der Waals surface area contributed by atoms with Gasteiger partial charge in [0.05, 0.1) is 5.92 Å². The van der Waals surface area contributed by atoms with Crippen molar-refractivity contribution in [1.29, 1.82) is 0 Å². The summed E-state index contributed by atoms with van der Waals surface area (Å²) in [5.74, 6) is 2.06. The fourth-order valence-corrected chi connectivity index (χ4v) is 4.71. The molecule has 1 aromatic heterocycles. The van der Waals surface area contributed by atoms with E-state index in [1.54, 1.807) is 0 Å². The predicted octanol–water partition coefficient (Wildman–Crippen LogP) is 2.97. The minimum atomic E-state index is -0.220. The summed E-state index contributed by atoms with van der Waals surface area (Å²) in [5.41, 5.74) is 8.06. The maximum Gasteiger partial charge on any atom is 0.222 e. The Hall–Kier alpha value is -2.36. The van der Waals surface area contributed by atoms with Gasteiger partial charge in [-0.25, -0.2) is 4.98 Å². The molecule has 0 bridgehead atoms. The SMILES string of the molecule is CN=C(NCc1cccnc1N1CCCC(C(N)=O)C1)N1CCC(c2ccccc2)C1.I. The van der Waals surface area contributed by atoms with Gasteiger partial charge in [-0.2, -0.15) is 0 Å². The van der Waals surface area contributed by atoms with Gasteiger partial charge in [0.25, 0.3) is 0 Å². The van der Waals surface area contributed by atoms with E-state index in [9.17, 15) is 4.79 Å². The summed E-state index contributed by atoms with van der Waals surface area (Å²) in [6, 6.07) is 14.8. The topological polar surface area (TPSA) is 86.9 Å². The van der Waals surface area contributed by atoms with Gasteiger partial charge in [0.2, 0.25) is 5.91 Å². The van der Waals surface area contributed by atoms with E-state index in [1.807, 2.05) is 19.3 Å². The first-order valence-corrected chi connectivity index (χ1v) is 11.1. The number of benzene rings is 1. The molecule has 2 fully saturated rings. The van der Waals surface area contributed by atoms with Crippen LogP contribution in [0.4, 0.5) is 5.82 Å². The van der Waals surface area contributed by atoms with E-state index in [0.717, 1.165) is 56.2 Å². The highest BCUT2D eigenvalue weighted by Crippen LogP contribution is 2.27. The third-order valence-electron chi connectivity index (χ3n) is 6.40. The first kappa shape index (κ1) is 24.3. The summed E-state index contributed by atoms with van der Waals surface area (Å²) in [4.78, 5) is 25.4. The van der Waals surface area contributed by atoms with Crippen molar-refractivity contribution < 1.29 is 4.79 Å². The highest BCUT2D eigenvalue weighted by atomic mass is 127. The van der Waals surface area contributed by atoms with Gasteiger partial charge in [-0.3, -0.25) is 9.79 Å². The van der Waals surface area contributed by atoms with Gasteiger partial charge in [0.1, 0.15) is 5.82 Å². The fourth-order valence-electron chi connectivity index (χ4n) is 4.71. The van der Waals surface area contributed by atoms with Crippen molar-refractivity contribution in [2.24, 2.45) is 16.6 Å². The molecule has 7 nitrogen and oxygen atoms in total. The molecular weight excluding hydrogens is 515 g/mol. The maximum atomic E-state index is 11.7. The van der Waals surface area contributed by atoms with Crippen LogP contribution in [-0.4, -0.2) is 55.0 Å². The second-order valence-corrected chi connectivity index (χ2v) is 8.42. The molecule has 0 saturated carbocycles. The second-order valence-electron chi connectivity index (χ2n) is 8.42. The number of carbonyl (C=O) groups is 1. The third-order valence-corrected chi connectivity index (χ3v) is 6.40. The molecule has 2 aliphatic rings. The van der Waals surface area contributed by atoms with E-state index in [1.165, 1.54) is 5.56 Å². The molecule has 0 spiro atoms. The van der Waals surface area contributed by atoms with Gasteiger partial charge in [0.15, 0.2) is 5.96 Å². The predicted molar refractivity (Wildman–Crippen MR) is 139 cm³/mol. The Morgan fingerprint density at radius 3 is 2.72 bits per heavy atom. The number of carbonyl (C=O) groups excluding carboxylic acids is 1. The number of nitrogens with two attached hydrogens (primary N) is 1. The summed E-state index contributed by atoms with van der Waals surface area (Å²) in [7, 11) is 1.84. The number of aliphatic imine (C=N–C) groups is 1. The molecule has 3 heterocycles. The molecule has 2 aromatic rings. The van der Waals surface area contributed by atoms with Crippen LogP contribution in [0.15, 0.2) is 53.7 Å². The van der Waals surface area contributed by atoms with Crippen molar-refractivity contribution in [3.63, 3.8) is 0 Å². The van der Waals surface area contributed by atoms with Crippen LogP contribution < -0.4 is 16.0 Å². The van der Waals surface area contributed by atoms with Crippen LogP contribution >= 0.6 is 24.0 Å². The number of guanidine groups is 1. The van der Waals surface area contributed by atoms with Crippen molar-refractivity contribution in [2.75, 3.05) is 38.1 Å². The number of nitrogens with one attached hydrogen (secondary N) is 1. The number of amides is 1. The Morgan fingerprint density at radius 2 is 1.97 bits per heavy atom. The lowest BCUT2D eigenvalue weighted by Gasteiger charge is -2.33. The number of pyridine rings is 1. The Kier molecular flexibility index (Phi) is 8.72. The number of hydrogen-bond donors (Lipinski definition) is 2. The molecule has 4 rings (SSSR count). The average Bonchev–Trinajstić information content (AvgIpc) is 3.30.